The number of likely N-dealkylation sites (tertiary alicyclic amines) is 1. The highest BCUT2D eigenvalue weighted by atomic mass is 35.5. The normalized spacial score (nSPS) is 19.7. The number of hydrogen-bond acceptors (Lipinski definition) is 8. The number of nitrogens with zero attached hydrogens (tertiary/aromatic N) is 6. The molecule has 0 bridgehead atoms. The Morgan fingerprint density at radius 2 is 1.46 bits per heavy atom. The Labute approximate surface area is 303 Å². The zero-order chi connectivity index (χ0) is 33.7. The van der Waals surface area contributed by atoms with Crippen molar-refractivity contribution in [1.29, 1.82) is 0 Å². The summed E-state index contributed by atoms with van der Waals surface area (Å²) in [6.45, 7) is 5.25. The van der Waals surface area contributed by atoms with E-state index in [1.54, 1.807) is 6.92 Å². The van der Waals surface area contributed by atoms with Gasteiger partial charge >= 0.3 is 18.2 Å². The lowest BCUT2D eigenvalue weighted by molar-refractivity contribution is -0.154. The van der Waals surface area contributed by atoms with E-state index in [4.69, 9.17) is 14.2 Å². The Balaban J connectivity index is 0.00000281. The van der Waals surface area contributed by atoms with Crippen LogP contribution in [0, 0.1) is 0 Å². The molecule has 1 aromatic heterocycles. The molecule has 2 aromatic carbocycles. The fraction of sp³-hybridized carbons (Fsp3) is 0.514. The summed E-state index contributed by atoms with van der Waals surface area (Å²) in [5, 5.41) is 0. The number of aromatic nitrogens is 2. The predicted octanol–water partition coefficient (Wildman–Crippen LogP) is 5.89. The van der Waals surface area contributed by atoms with E-state index in [1.165, 1.54) is 18.2 Å². The monoisotopic (exact) mass is 740 g/mol. The standard InChI is InChI=1S/C35H43F3N6O4.2ClH/c1-3-47-33-39-31(46-2)28(32(40-33)48-24-35(36,37)38)22-41-20-27-21-43(34(45)42-16-10-11-17-42)18-19-44(27)29(23-41)30(25-12-6-4-7-13-25)26-14-8-5-9-15-26;;/h4-9,12-15,27,29-30H,3,10-11,16-24H2,1-2H3;2*1H/t27-,29+;;/m1../s1. The van der Waals surface area contributed by atoms with E-state index in [0.29, 0.717) is 38.3 Å². The van der Waals surface area contributed by atoms with E-state index in [2.05, 4.69) is 44.0 Å². The average molecular weight is 742 g/mol. The van der Waals surface area contributed by atoms with Crippen LogP contribution < -0.4 is 14.2 Å². The van der Waals surface area contributed by atoms with E-state index in [-0.39, 0.29) is 79.8 Å². The Bertz CT molecular complexity index is 1480. The second-order valence-corrected chi connectivity index (χ2v) is 12.5. The molecule has 50 heavy (non-hydrogen) atoms. The lowest BCUT2D eigenvalue weighted by atomic mass is 9.81. The summed E-state index contributed by atoms with van der Waals surface area (Å²) in [5.41, 5.74) is 2.65. The van der Waals surface area contributed by atoms with Crippen LogP contribution in [-0.4, -0.2) is 120 Å². The summed E-state index contributed by atoms with van der Waals surface area (Å²) in [5.74, 6) is -0.126. The quantitative estimate of drug-likeness (QED) is 0.255. The third-order valence-electron chi connectivity index (χ3n) is 9.35. The molecule has 274 valence electrons. The first-order valence-corrected chi connectivity index (χ1v) is 16.6. The summed E-state index contributed by atoms with van der Waals surface area (Å²) in [6, 6.07) is 20.7. The molecule has 3 aliphatic heterocycles. The number of methoxy groups -OCH3 is 1. The molecule has 15 heteroatoms. The highest BCUT2D eigenvalue weighted by Crippen LogP contribution is 2.38. The third-order valence-corrected chi connectivity index (χ3v) is 9.35. The zero-order valence-corrected chi connectivity index (χ0v) is 29.9. The first-order valence-electron chi connectivity index (χ1n) is 16.6. The molecule has 0 spiro atoms. The van der Waals surface area contributed by atoms with Gasteiger partial charge in [-0.1, -0.05) is 60.7 Å². The fourth-order valence-corrected chi connectivity index (χ4v) is 7.29. The minimum absolute atomic E-state index is 0. The van der Waals surface area contributed by atoms with Gasteiger partial charge in [-0.05, 0) is 30.9 Å². The second kappa shape index (κ2) is 17.6. The second-order valence-electron chi connectivity index (χ2n) is 12.5. The number of fused-ring (bicyclic) bond motifs is 1. The van der Waals surface area contributed by atoms with Crippen LogP contribution in [0.2, 0.25) is 0 Å². The number of piperazine rings is 2. The van der Waals surface area contributed by atoms with Gasteiger partial charge < -0.3 is 24.0 Å². The van der Waals surface area contributed by atoms with Crippen molar-refractivity contribution in [3.05, 3.63) is 77.4 Å². The molecule has 0 saturated carbocycles. The van der Waals surface area contributed by atoms with Crippen molar-refractivity contribution >= 4 is 30.8 Å². The Morgan fingerprint density at radius 3 is 2.04 bits per heavy atom. The molecule has 2 amide bonds. The number of carbonyl (C=O) groups is 1. The number of rotatable bonds is 10. The van der Waals surface area contributed by atoms with Gasteiger partial charge in [0.05, 0.1) is 19.3 Å². The summed E-state index contributed by atoms with van der Waals surface area (Å²) in [6.07, 6.45) is -2.53. The van der Waals surface area contributed by atoms with Gasteiger partial charge in [-0.25, -0.2) is 4.79 Å². The van der Waals surface area contributed by atoms with Gasteiger partial charge in [0.15, 0.2) is 6.61 Å². The van der Waals surface area contributed by atoms with Crippen molar-refractivity contribution in [3.63, 3.8) is 0 Å². The van der Waals surface area contributed by atoms with E-state index in [0.717, 1.165) is 25.9 Å². The number of ether oxygens (including phenoxy) is 3. The summed E-state index contributed by atoms with van der Waals surface area (Å²) in [4.78, 5) is 30.7. The first-order chi connectivity index (χ1) is 23.2. The minimum Gasteiger partial charge on any atom is -0.481 e. The highest BCUT2D eigenvalue weighted by Gasteiger charge is 2.44. The summed E-state index contributed by atoms with van der Waals surface area (Å²) < 4.78 is 56.3. The third kappa shape index (κ3) is 9.22. The van der Waals surface area contributed by atoms with Gasteiger partial charge in [0, 0.05) is 70.4 Å². The van der Waals surface area contributed by atoms with Crippen LogP contribution in [-0.2, 0) is 6.54 Å². The predicted molar refractivity (Wildman–Crippen MR) is 188 cm³/mol. The number of hydrogen-bond donors (Lipinski definition) is 0. The number of amides is 2. The van der Waals surface area contributed by atoms with Crippen LogP contribution in [0.4, 0.5) is 18.0 Å². The van der Waals surface area contributed by atoms with Gasteiger partial charge in [0.25, 0.3) is 0 Å². The van der Waals surface area contributed by atoms with Crippen molar-refractivity contribution in [3.8, 4) is 17.8 Å². The van der Waals surface area contributed by atoms with Crippen molar-refractivity contribution < 1.29 is 32.2 Å². The van der Waals surface area contributed by atoms with Crippen LogP contribution in [0.5, 0.6) is 17.8 Å². The molecule has 0 unspecified atom stereocenters. The van der Waals surface area contributed by atoms with Crippen LogP contribution in [0.3, 0.4) is 0 Å². The topological polar surface area (TPSA) is 83.5 Å². The summed E-state index contributed by atoms with van der Waals surface area (Å²) >= 11 is 0. The number of carbonyl (C=O) groups excluding carboxylic acids is 1. The molecule has 0 radical (unpaired) electrons. The fourth-order valence-electron chi connectivity index (χ4n) is 7.29. The van der Waals surface area contributed by atoms with Crippen molar-refractivity contribution in [2.24, 2.45) is 0 Å². The Kier molecular flexibility index (Phi) is 13.8. The molecule has 3 aliphatic rings. The molecular formula is C35H45Cl2F3N6O4. The van der Waals surface area contributed by atoms with E-state index >= 15 is 0 Å². The molecule has 0 aliphatic carbocycles. The van der Waals surface area contributed by atoms with Gasteiger partial charge in [0.2, 0.25) is 11.8 Å². The van der Waals surface area contributed by atoms with Gasteiger partial charge in [-0.2, -0.15) is 23.1 Å². The Hall–Kier alpha value is -3.52. The minimum atomic E-state index is -4.57. The van der Waals surface area contributed by atoms with Crippen LogP contribution in [0.15, 0.2) is 60.7 Å². The number of benzene rings is 2. The SMILES string of the molecule is CCOc1nc(OC)c(CN2C[C@@H]3CN(C(=O)N4CCCC4)CCN3[C@H](C(c3ccccc3)c3ccccc3)C2)c(OCC(F)(F)F)n1.Cl.Cl. The Morgan fingerprint density at radius 1 is 0.840 bits per heavy atom. The molecule has 3 aromatic rings. The molecule has 3 saturated heterocycles. The first kappa shape index (κ1) is 39.3. The maximum absolute atomic E-state index is 13.5. The van der Waals surface area contributed by atoms with E-state index < -0.39 is 12.8 Å². The van der Waals surface area contributed by atoms with Gasteiger partial charge in [0.1, 0.15) is 0 Å². The molecule has 3 fully saturated rings. The average Bonchev–Trinajstić information content (AvgIpc) is 3.64. The lowest BCUT2D eigenvalue weighted by Gasteiger charge is -2.53. The molecule has 6 rings (SSSR count). The van der Waals surface area contributed by atoms with Crippen molar-refractivity contribution in [1.82, 2.24) is 29.6 Å². The summed E-state index contributed by atoms with van der Waals surface area (Å²) in [7, 11) is 1.42. The maximum atomic E-state index is 13.5. The van der Waals surface area contributed by atoms with Gasteiger partial charge in [-0.15, -0.1) is 24.8 Å². The molecular weight excluding hydrogens is 696 g/mol. The maximum Gasteiger partial charge on any atom is 0.422 e. The highest BCUT2D eigenvalue weighted by molar-refractivity contribution is 5.85. The molecule has 2 atom stereocenters. The molecule has 4 heterocycles. The van der Waals surface area contributed by atoms with Crippen molar-refractivity contribution in [2.75, 3.05) is 66.1 Å². The van der Waals surface area contributed by atoms with E-state index in [9.17, 15) is 18.0 Å². The smallest absolute Gasteiger partial charge is 0.422 e. The molecule has 0 N–H and O–H groups in total. The van der Waals surface area contributed by atoms with E-state index in [1.807, 2.05) is 46.2 Å². The zero-order valence-electron chi connectivity index (χ0n) is 28.3. The van der Waals surface area contributed by atoms with Crippen LogP contribution >= 0.6 is 24.8 Å². The number of urea groups is 1. The molecule has 10 nitrogen and oxygen atoms in total. The number of halogens is 5. The van der Waals surface area contributed by atoms with Gasteiger partial charge in [-0.3, -0.25) is 9.80 Å². The number of alkyl halides is 3. The van der Waals surface area contributed by atoms with Crippen LogP contribution in [0.25, 0.3) is 0 Å². The van der Waals surface area contributed by atoms with Crippen LogP contribution in [0.1, 0.15) is 42.4 Å². The lowest BCUT2D eigenvalue weighted by Crippen LogP contribution is -2.68. The van der Waals surface area contributed by atoms with Crippen molar-refractivity contribution in [2.45, 2.75) is 50.5 Å². The largest absolute Gasteiger partial charge is 0.481 e.